The summed E-state index contributed by atoms with van der Waals surface area (Å²) in [5.74, 6) is 0.880. The zero-order chi connectivity index (χ0) is 26.6. The number of benzene rings is 1. The number of piperidine rings is 1. The Bertz CT molecular complexity index is 1200. The Hall–Kier alpha value is -3.36. The van der Waals surface area contributed by atoms with Crippen molar-refractivity contribution in [1.29, 1.82) is 5.41 Å². The van der Waals surface area contributed by atoms with Gasteiger partial charge in [-0.05, 0) is 75.5 Å². The summed E-state index contributed by atoms with van der Waals surface area (Å²) >= 11 is 0. The highest BCUT2D eigenvalue weighted by Gasteiger charge is 2.40. The lowest BCUT2D eigenvalue weighted by molar-refractivity contribution is -0.123. The van der Waals surface area contributed by atoms with Crippen molar-refractivity contribution in [2.24, 2.45) is 17.1 Å². The highest BCUT2D eigenvalue weighted by Crippen LogP contribution is 2.46. The van der Waals surface area contributed by atoms with E-state index in [4.69, 9.17) is 20.9 Å². The van der Waals surface area contributed by atoms with Crippen LogP contribution in [0.5, 0.6) is 5.75 Å². The summed E-state index contributed by atoms with van der Waals surface area (Å²) in [6.07, 6.45) is 7.36. The van der Waals surface area contributed by atoms with Gasteiger partial charge >= 0.3 is 0 Å². The van der Waals surface area contributed by atoms with Gasteiger partial charge in [0, 0.05) is 31.7 Å². The number of primary amides is 1. The van der Waals surface area contributed by atoms with Crippen LogP contribution in [0.2, 0.25) is 0 Å². The number of anilines is 2. The molecule has 0 radical (unpaired) electrons. The van der Waals surface area contributed by atoms with Gasteiger partial charge < -0.3 is 31.1 Å². The van der Waals surface area contributed by atoms with E-state index in [0.717, 1.165) is 57.3 Å². The van der Waals surface area contributed by atoms with Crippen LogP contribution in [0.15, 0.2) is 23.0 Å². The molecule has 2 aromatic rings. The highest BCUT2D eigenvalue weighted by molar-refractivity contribution is 6.01. The molecule has 4 rings (SSSR count). The van der Waals surface area contributed by atoms with Crippen molar-refractivity contribution < 1.29 is 9.53 Å². The summed E-state index contributed by atoms with van der Waals surface area (Å²) in [6.45, 7) is 6.29. The summed E-state index contributed by atoms with van der Waals surface area (Å²) in [5.41, 5.74) is 8.25. The third-order valence-electron chi connectivity index (χ3n) is 7.95. The van der Waals surface area contributed by atoms with Gasteiger partial charge in [0.1, 0.15) is 23.0 Å². The van der Waals surface area contributed by atoms with Crippen molar-refractivity contribution in [1.82, 2.24) is 9.97 Å². The fourth-order valence-corrected chi connectivity index (χ4v) is 5.95. The molecule has 1 aromatic heterocycles. The second kappa shape index (κ2) is 11.4. The van der Waals surface area contributed by atoms with Crippen LogP contribution < -0.4 is 26.2 Å². The van der Waals surface area contributed by atoms with Crippen molar-refractivity contribution in [3.63, 3.8) is 0 Å². The van der Waals surface area contributed by atoms with Gasteiger partial charge in [0.25, 0.3) is 5.56 Å². The summed E-state index contributed by atoms with van der Waals surface area (Å²) < 4.78 is 5.93. The second-order valence-corrected chi connectivity index (χ2v) is 10.4. The number of H-pyrrole nitrogens is 1. The van der Waals surface area contributed by atoms with Crippen molar-refractivity contribution in [3.05, 3.63) is 34.2 Å². The van der Waals surface area contributed by atoms with Crippen LogP contribution in [-0.2, 0) is 4.79 Å². The lowest BCUT2D eigenvalue weighted by atomic mass is 9.66. The Morgan fingerprint density at radius 3 is 2.70 bits per heavy atom. The molecule has 1 saturated heterocycles. The van der Waals surface area contributed by atoms with E-state index in [1.807, 2.05) is 26.0 Å². The second-order valence-electron chi connectivity index (χ2n) is 10.4. The molecule has 1 spiro atoms. The third kappa shape index (κ3) is 5.65. The van der Waals surface area contributed by atoms with E-state index in [0.29, 0.717) is 47.3 Å². The normalized spacial score (nSPS) is 21.6. The smallest absolute Gasteiger partial charge is 0.275 e. The number of hydrogen-bond donors (Lipinski definition) is 4. The predicted molar refractivity (Wildman–Crippen MR) is 148 cm³/mol. The molecule has 5 N–H and O–H groups in total. The van der Waals surface area contributed by atoms with E-state index in [2.05, 4.69) is 21.3 Å². The summed E-state index contributed by atoms with van der Waals surface area (Å²) in [6, 6.07) is 6.06. The van der Waals surface area contributed by atoms with Crippen molar-refractivity contribution >= 4 is 23.0 Å². The molecule has 1 aliphatic heterocycles. The zero-order valence-electron chi connectivity index (χ0n) is 22.3. The van der Waals surface area contributed by atoms with Gasteiger partial charge in [-0.3, -0.25) is 9.59 Å². The number of nitrogens with one attached hydrogen (secondary N) is 3. The Morgan fingerprint density at radius 1 is 1.30 bits per heavy atom. The molecule has 0 bridgehead atoms. The number of rotatable bonds is 9. The van der Waals surface area contributed by atoms with Gasteiger partial charge in [-0.15, -0.1) is 0 Å². The molecular weight excluding hydrogens is 468 g/mol. The fraction of sp³-hybridized carbons (Fsp3) is 0.571. The van der Waals surface area contributed by atoms with Gasteiger partial charge in [-0.1, -0.05) is 13.3 Å². The van der Waals surface area contributed by atoms with Crippen LogP contribution >= 0.6 is 0 Å². The van der Waals surface area contributed by atoms with E-state index >= 15 is 0 Å². The monoisotopic (exact) mass is 508 g/mol. The number of aromatic nitrogens is 2. The standard InChI is InChI=1S/C28H40N6O3/c1-4-7-21(29)23-24(31-3)27(36)33-26(32-23)20-16-19(8-9-22(20)37-5-2)34-15-6-12-28(17-34)13-10-18(11-14-28)25(30)35/h8-9,16,18,29,31H,4-7,10-15,17H2,1-3H3,(H2,30,35)(H,32,33,36). The molecule has 1 saturated carbocycles. The van der Waals surface area contributed by atoms with Crippen LogP contribution in [0.1, 0.15) is 70.9 Å². The minimum absolute atomic E-state index is 0.00203. The lowest BCUT2D eigenvalue weighted by Gasteiger charge is -2.47. The van der Waals surface area contributed by atoms with E-state index in [9.17, 15) is 9.59 Å². The first-order valence-electron chi connectivity index (χ1n) is 13.5. The Balaban J connectivity index is 1.69. The average Bonchev–Trinajstić information content (AvgIpc) is 2.89. The van der Waals surface area contributed by atoms with E-state index in [-0.39, 0.29) is 22.8 Å². The maximum Gasteiger partial charge on any atom is 0.275 e. The minimum atomic E-state index is -0.306. The minimum Gasteiger partial charge on any atom is -0.493 e. The molecule has 37 heavy (non-hydrogen) atoms. The Kier molecular flexibility index (Phi) is 8.19. The number of nitrogens with two attached hydrogens (primary N) is 1. The van der Waals surface area contributed by atoms with E-state index < -0.39 is 0 Å². The summed E-state index contributed by atoms with van der Waals surface area (Å²) in [7, 11) is 1.67. The Morgan fingerprint density at radius 2 is 2.05 bits per heavy atom. The van der Waals surface area contributed by atoms with Crippen molar-refractivity contribution in [2.45, 2.75) is 65.2 Å². The van der Waals surface area contributed by atoms with Crippen molar-refractivity contribution in [3.8, 4) is 17.1 Å². The predicted octanol–water partition coefficient (Wildman–Crippen LogP) is 4.31. The first-order chi connectivity index (χ1) is 17.8. The molecule has 200 valence electrons. The summed E-state index contributed by atoms with van der Waals surface area (Å²) in [5, 5.41) is 11.4. The van der Waals surface area contributed by atoms with E-state index in [1.54, 1.807) is 7.05 Å². The molecule has 2 fully saturated rings. The molecule has 2 aliphatic rings. The van der Waals surface area contributed by atoms with Gasteiger partial charge in [-0.2, -0.15) is 0 Å². The van der Waals surface area contributed by atoms with Crippen LogP contribution in [0.4, 0.5) is 11.4 Å². The van der Waals surface area contributed by atoms with Crippen LogP contribution in [0, 0.1) is 16.7 Å². The number of aromatic amines is 1. The maximum atomic E-state index is 13.0. The average molecular weight is 509 g/mol. The molecule has 0 unspecified atom stereocenters. The Labute approximate surface area is 218 Å². The number of hydrogen-bond acceptors (Lipinski definition) is 7. The molecule has 0 atom stereocenters. The number of carbonyl (C=O) groups excluding carboxylic acids is 1. The van der Waals surface area contributed by atoms with E-state index in [1.165, 1.54) is 6.42 Å². The SMILES string of the molecule is CCCC(=N)c1nc(-c2cc(N3CCCC4(CCC(C(N)=O)CC4)C3)ccc2OCC)[nH]c(=O)c1NC. The molecule has 9 heteroatoms. The molecule has 1 aliphatic carbocycles. The molecule has 2 heterocycles. The first-order valence-corrected chi connectivity index (χ1v) is 13.5. The van der Waals surface area contributed by atoms with Crippen LogP contribution in [0.25, 0.3) is 11.4 Å². The highest BCUT2D eigenvalue weighted by atomic mass is 16.5. The fourth-order valence-electron chi connectivity index (χ4n) is 5.95. The molecule has 9 nitrogen and oxygen atoms in total. The maximum absolute atomic E-state index is 13.0. The first kappa shape index (κ1) is 26.7. The largest absolute Gasteiger partial charge is 0.493 e. The van der Waals surface area contributed by atoms with Gasteiger partial charge in [0.05, 0.1) is 17.9 Å². The third-order valence-corrected chi connectivity index (χ3v) is 7.95. The summed E-state index contributed by atoms with van der Waals surface area (Å²) in [4.78, 5) is 34.7. The van der Waals surface area contributed by atoms with Crippen LogP contribution in [0.3, 0.4) is 0 Å². The number of ether oxygens (including phenoxy) is 1. The number of nitrogens with zero attached hydrogens (tertiary/aromatic N) is 2. The topological polar surface area (TPSA) is 137 Å². The molecule has 1 aromatic carbocycles. The number of carbonyl (C=O) groups is 1. The van der Waals surface area contributed by atoms with Gasteiger partial charge in [0.2, 0.25) is 5.91 Å². The molecular formula is C28H40N6O3. The van der Waals surface area contributed by atoms with Gasteiger partial charge in [0.15, 0.2) is 0 Å². The zero-order valence-corrected chi connectivity index (χ0v) is 22.3. The van der Waals surface area contributed by atoms with Crippen molar-refractivity contribution in [2.75, 3.05) is 37.0 Å². The molecule has 1 amide bonds. The van der Waals surface area contributed by atoms with Crippen LogP contribution in [-0.4, -0.2) is 48.3 Å². The number of amides is 1. The quantitative estimate of drug-likeness (QED) is 0.373. The lowest BCUT2D eigenvalue weighted by Crippen LogP contribution is -2.46. The van der Waals surface area contributed by atoms with Gasteiger partial charge in [-0.25, -0.2) is 4.98 Å².